The molecule has 0 N–H and O–H groups in total. The minimum Gasteiger partial charge on any atom is -0.368 e. The van der Waals surface area contributed by atoms with Gasteiger partial charge < -0.3 is 4.90 Å². The molecule has 0 spiro atoms. The van der Waals surface area contributed by atoms with Crippen molar-refractivity contribution in [1.29, 1.82) is 0 Å². The molecule has 1 saturated carbocycles. The molecule has 2 aliphatic rings. The van der Waals surface area contributed by atoms with Gasteiger partial charge in [-0.05, 0) is 48.8 Å². The van der Waals surface area contributed by atoms with Crippen molar-refractivity contribution in [3.63, 3.8) is 0 Å². The Morgan fingerprint density at radius 1 is 1.28 bits per heavy atom. The molecule has 1 heteroatoms. The summed E-state index contributed by atoms with van der Waals surface area (Å²) in [6.07, 6.45) is 8.08. The van der Waals surface area contributed by atoms with Crippen LogP contribution in [0.5, 0.6) is 0 Å². The molecule has 0 saturated heterocycles. The van der Waals surface area contributed by atoms with Crippen LogP contribution in [0.1, 0.15) is 50.7 Å². The van der Waals surface area contributed by atoms with E-state index in [-0.39, 0.29) is 0 Å². The maximum absolute atomic E-state index is 2.70. The SMILES string of the molecule is CCc1ccc2c(c1)CCN2C1CCCC(C)C1. The Kier molecular flexibility index (Phi) is 3.32. The third kappa shape index (κ3) is 2.15. The highest BCUT2D eigenvalue weighted by molar-refractivity contribution is 5.60. The highest BCUT2D eigenvalue weighted by Gasteiger charge is 2.29. The minimum atomic E-state index is 0.808. The highest BCUT2D eigenvalue weighted by atomic mass is 15.2. The van der Waals surface area contributed by atoms with Gasteiger partial charge >= 0.3 is 0 Å². The molecule has 1 heterocycles. The lowest BCUT2D eigenvalue weighted by atomic mass is 9.86. The topological polar surface area (TPSA) is 3.24 Å². The fourth-order valence-electron chi connectivity index (χ4n) is 3.77. The molecule has 3 rings (SSSR count). The molecule has 18 heavy (non-hydrogen) atoms. The number of nitrogens with zero attached hydrogens (tertiary/aromatic N) is 1. The quantitative estimate of drug-likeness (QED) is 0.753. The summed E-state index contributed by atoms with van der Waals surface area (Å²) in [5.41, 5.74) is 4.62. The van der Waals surface area contributed by atoms with Gasteiger partial charge in [0.05, 0.1) is 0 Å². The maximum atomic E-state index is 2.70. The molecule has 0 amide bonds. The molecule has 2 unspecified atom stereocenters. The second-order valence-corrected chi connectivity index (χ2v) is 6.19. The van der Waals surface area contributed by atoms with E-state index >= 15 is 0 Å². The Balaban J connectivity index is 1.81. The Bertz CT molecular complexity index is 424. The van der Waals surface area contributed by atoms with E-state index in [0.29, 0.717) is 0 Å². The van der Waals surface area contributed by atoms with E-state index in [2.05, 4.69) is 36.9 Å². The molecule has 1 aromatic rings. The number of aryl methyl sites for hydroxylation is 1. The van der Waals surface area contributed by atoms with Crippen LogP contribution in [0.25, 0.3) is 0 Å². The van der Waals surface area contributed by atoms with Crippen molar-refractivity contribution < 1.29 is 0 Å². The molecule has 1 aliphatic carbocycles. The molecule has 0 bridgehead atoms. The van der Waals surface area contributed by atoms with Crippen LogP contribution in [-0.4, -0.2) is 12.6 Å². The van der Waals surface area contributed by atoms with Crippen molar-refractivity contribution in [2.45, 2.75) is 58.4 Å². The largest absolute Gasteiger partial charge is 0.368 e. The lowest BCUT2D eigenvalue weighted by Gasteiger charge is -2.36. The van der Waals surface area contributed by atoms with Crippen molar-refractivity contribution in [2.75, 3.05) is 11.4 Å². The lowest BCUT2D eigenvalue weighted by Crippen LogP contribution is -2.37. The van der Waals surface area contributed by atoms with Crippen molar-refractivity contribution in [3.05, 3.63) is 29.3 Å². The molecule has 1 aliphatic heterocycles. The highest BCUT2D eigenvalue weighted by Crippen LogP contribution is 2.36. The van der Waals surface area contributed by atoms with Crippen molar-refractivity contribution in [3.8, 4) is 0 Å². The van der Waals surface area contributed by atoms with Gasteiger partial charge in [0, 0.05) is 18.3 Å². The van der Waals surface area contributed by atoms with Crippen LogP contribution in [0, 0.1) is 5.92 Å². The van der Waals surface area contributed by atoms with Crippen LogP contribution in [0.4, 0.5) is 5.69 Å². The summed E-state index contributed by atoms with van der Waals surface area (Å²) in [4.78, 5) is 2.70. The molecule has 1 aromatic carbocycles. The third-order valence-electron chi connectivity index (χ3n) is 4.83. The fraction of sp³-hybridized carbons (Fsp3) is 0.647. The van der Waals surface area contributed by atoms with E-state index in [4.69, 9.17) is 0 Å². The first-order chi connectivity index (χ1) is 8.78. The predicted molar refractivity (Wildman–Crippen MR) is 78.3 cm³/mol. The molecule has 2 atom stereocenters. The number of benzene rings is 1. The first-order valence-electron chi connectivity index (χ1n) is 7.66. The summed E-state index contributed by atoms with van der Waals surface area (Å²) < 4.78 is 0. The van der Waals surface area contributed by atoms with E-state index in [1.807, 2.05) is 0 Å². The van der Waals surface area contributed by atoms with Gasteiger partial charge in [0.25, 0.3) is 0 Å². The first-order valence-corrected chi connectivity index (χ1v) is 7.66. The van der Waals surface area contributed by atoms with Crippen LogP contribution in [0.3, 0.4) is 0 Å². The van der Waals surface area contributed by atoms with Crippen molar-refractivity contribution in [1.82, 2.24) is 0 Å². The number of hydrogen-bond donors (Lipinski definition) is 0. The van der Waals surface area contributed by atoms with Crippen LogP contribution in [-0.2, 0) is 12.8 Å². The summed E-state index contributed by atoms with van der Waals surface area (Å²) in [6, 6.07) is 7.94. The maximum Gasteiger partial charge on any atom is 0.0402 e. The van der Waals surface area contributed by atoms with Crippen LogP contribution in [0.2, 0.25) is 0 Å². The van der Waals surface area contributed by atoms with Crippen LogP contribution < -0.4 is 4.90 Å². The average Bonchev–Trinajstić information content (AvgIpc) is 2.81. The van der Waals surface area contributed by atoms with Gasteiger partial charge in [0.1, 0.15) is 0 Å². The van der Waals surface area contributed by atoms with E-state index in [9.17, 15) is 0 Å². The fourth-order valence-corrected chi connectivity index (χ4v) is 3.77. The molecule has 98 valence electrons. The standard InChI is InChI=1S/C17H25N/c1-3-14-7-8-17-15(12-14)9-10-18(17)16-6-4-5-13(2)11-16/h7-8,12-13,16H,3-6,9-11H2,1-2H3. The van der Waals surface area contributed by atoms with E-state index in [1.165, 1.54) is 49.9 Å². The van der Waals surface area contributed by atoms with Crippen molar-refractivity contribution in [2.24, 2.45) is 5.92 Å². The average molecular weight is 243 g/mol. The van der Waals surface area contributed by atoms with Crippen LogP contribution in [0.15, 0.2) is 18.2 Å². The molecular weight excluding hydrogens is 218 g/mol. The molecule has 1 nitrogen and oxygen atoms in total. The van der Waals surface area contributed by atoms with Gasteiger partial charge in [-0.15, -0.1) is 0 Å². The van der Waals surface area contributed by atoms with Crippen molar-refractivity contribution >= 4 is 5.69 Å². The van der Waals surface area contributed by atoms with Gasteiger partial charge in [0.2, 0.25) is 0 Å². The Morgan fingerprint density at radius 2 is 2.17 bits per heavy atom. The molecule has 1 fully saturated rings. The number of fused-ring (bicyclic) bond motifs is 1. The van der Waals surface area contributed by atoms with E-state index < -0.39 is 0 Å². The zero-order chi connectivity index (χ0) is 12.5. The number of hydrogen-bond acceptors (Lipinski definition) is 1. The Hall–Kier alpha value is -0.980. The van der Waals surface area contributed by atoms with E-state index in [0.717, 1.165) is 18.4 Å². The summed E-state index contributed by atoms with van der Waals surface area (Å²) >= 11 is 0. The number of anilines is 1. The third-order valence-corrected chi connectivity index (χ3v) is 4.83. The van der Waals surface area contributed by atoms with Crippen LogP contribution >= 0.6 is 0 Å². The summed E-state index contributed by atoms with van der Waals surface area (Å²) in [5.74, 6) is 0.919. The molecule has 0 aromatic heterocycles. The molecular formula is C17H25N. The lowest BCUT2D eigenvalue weighted by molar-refractivity contribution is 0.332. The van der Waals surface area contributed by atoms with Gasteiger partial charge in [-0.2, -0.15) is 0 Å². The summed E-state index contributed by atoms with van der Waals surface area (Å²) in [5, 5.41) is 0. The van der Waals surface area contributed by atoms with Gasteiger partial charge in [0.15, 0.2) is 0 Å². The number of rotatable bonds is 2. The van der Waals surface area contributed by atoms with Gasteiger partial charge in [-0.25, -0.2) is 0 Å². The molecule has 0 radical (unpaired) electrons. The smallest absolute Gasteiger partial charge is 0.0402 e. The zero-order valence-electron chi connectivity index (χ0n) is 11.8. The minimum absolute atomic E-state index is 0.808. The first kappa shape index (κ1) is 12.1. The monoisotopic (exact) mass is 243 g/mol. The Labute approximate surface area is 111 Å². The summed E-state index contributed by atoms with van der Waals surface area (Å²) in [7, 11) is 0. The Morgan fingerprint density at radius 3 is 2.94 bits per heavy atom. The van der Waals surface area contributed by atoms with Gasteiger partial charge in [-0.1, -0.05) is 38.8 Å². The summed E-state index contributed by atoms with van der Waals surface area (Å²) in [6.45, 7) is 5.92. The second kappa shape index (κ2) is 4.95. The normalized spacial score (nSPS) is 27.3. The second-order valence-electron chi connectivity index (χ2n) is 6.19. The van der Waals surface area contributed by atoms with E-state index in [1.54, 1.807) is 5.56 Å². The zero-order valence-corrected chi connectivity index (χ0v) is 11.8. The predicted octanol–water partition coefficient (Wildman–Crippen LogP) is 4.19. The van der Waals surface area contributed by atoms with Gasteiger partial charge in [-0.3, -0.25) is 0 Å².